The van der Waals surface area contributed by atoms with Gasteiger partial charge in [-0.2, -0.15) is 0 Å². The van der Waals surface area contributed by atoms with Gasteiger partial charge in [-0.1, -0.05) is 36.4 Å². The predicted molar refractivity (Wildman–Crippen MR) is 85.7 cm³/mol. The Balaban J connectivity index is 1.67. The molecule has 0 saturated heterocycles. The average Bonchev–Trinajstić information content (AvgIpc) is 2.61. The van der Waals surface area contributed by atoms with Crippen LogP contribution < -0.4 is 16.0 Å². The molecular formula is C17H17N3O3. The second kappa shape index (κ2) is 8.33. The topological polar surface area (TPSA) is 87.3 Å². The van der Waals surface area contributed by atoms with E-state index >= 15 is 0 Å². The van der Waals surface area contributed by atoms with E-state index in [0.29, 0.717) is 11.1 Å². The number of nitrogens with one attached hydrogen (secondary N) is 3. The number of hydrogen-bond donors (Lipinski definition) is 3. The molecule has 2 aromatic rings. The minimum atomic E-state index is -0.386. The highest BCUT2D eigenvalue weighted by Crippen LogP contribution is 1.98. The second-order valence-electron chi connectivity index (χ2n) is 4.70. The lowest BCUT2D eigenvalue weighted by atomic mass is 10.2. The van der Waals surface area contributed by atoms with E-state index in [2.05, 4.69) is 16.0 Å². The van der Waals surface area contributed by atoms with E-state index in [9.17, 15) is 14.4 Å². The van der Waals surface area contributed by atoms with Gasteiger partial charge in [0.2, 0.25) is 5.91 Å². The van der Waals surface area contributed by atoms with Crippen molar-refractivity contribution < 1.29 is 14.4 Å². The molecule has 0 heterocycles. The summed E-state index contributed by atoms with van der Waals surface area (Å²) >= 11 is 0. The van der Waals surface area contributed by atoms with Crippen molar-refractivity contribution in [1.29, 1.82) is 0 Å². The summed E-state index contributed by atoms with van der Waals surface area (Å²) in [6.07, 6.45) is 0. The van der Waals surface area contributed by atoms with Crippen LogP contribution in [0.1, 0.15) is 20.7 Å². The first-order valence-corrected chi connectivity index (χ1v) is 7.10. The van der Waals surface area contributed by atoms with Gasteiger partial charge in [-0.05, 0) is 24.3 Å². The van der Waals surface area contributed by atoms with E-state index in [-0.39, 0.29) is 30.9 Å². The number of carbonyl (C=O) groups excluding carboxylic acids is 3. The summed E-state index contributed by atoms with van der Waals surface area (Å²) in [5.41, 5.74) is 0.997. The molecule has 118 valence electrons. The first-order chi connectivity index (χ1) is 11.2. The van der Waals surface area contributed by atoms with Crippen LogP contribution in [0.3, 0.4) is 0 Å². The highest BCUT2D eigenvalue weighted by Gasteiger charge is 2.08. The Morgan fingerprint density at radius 2 is 1.13 bits per heavy atom. The third kappa shape index (κ3) is 5.28. The van der Waals surface area contributed by atoms with Crippen molar-refractivity contribution in [3.63, 3.8) is 0 Å². The molecule has 0 radical (unpaired) electrons. The highest BCUT2D eigenvalue weighted by atomic mass is 16.2. The summed E-state index contributed by atoms with van der Waals surface area (Å²) in [5, 5.41) is 7.57. The van der Waals surface area contributed by atoms with Gasteiger partial charge in [0.25, 0.3) is 11.8 Å². The number of hydrogen-bond acceptors (Lipinski definition) is 3. The van der Waals surface area contributed by atoms with E-state index in [4.69, 9.17) is 0 Å². The Kier molecular flexibility index (Phi) is 5.88. The van der Waals surface area contributed by atoms with Crippen molar-refractivity contribution in [2.45, 2.75) is 0 Å². The van der Waals surface area contributed by atoms with Gasteiger partial charge in [0.05, 0.1) is 13.2 Å². The van der Waals surface area contributed by atoms with Gasteiger partial charge in [0, 0.05) is 11.1 Å². The lowest BCUT2D eigenvalue weighted by molar-refractivity contribution is -0.120. The van der Waals surface area contributed by atoms with Crippen LogP contribution in [0.4, 0.5) is 0 Å². The molecule has 0 aliphatic rings. The Bertz CT molecular complexity index is 672. The fraction of sp³-hybridized carbons (Fsp3) is 0.118. The zero-order valence-corrected chi connectivity index (χ0v) is 12.4. The minimum absolute atomic E-state index is 0.00618. The normalized spacial score (nSPS) is 9.74. The molecule has 3 N–H and O–H groups in total. The van der Waals surface area contributed by atoms with Crippen molar-refractivity contribution in [2.75, 3.05) is 13.2 Å². The van der Waals surface area contributed by atoms with Crippen molar-refractivity contribution >= 4 is 17.7 Å². The number of amides is 3. The Labute approximate surface area is 133 Å². The highest BCUT2D eigenvalue weighted by molar-refractivity contribution is 5.96. The van der Waals surface area contributed by atoms with Crippen LogP contribution in [0.5, 0.6) is 0 Å². The fourth-order valence-electron chi connectivity index (χ4n) is 1.83. The largest absolute Gasteiger partial charge is 0.343 e. The molecule has 2 aromatic carbocycles. The van der Waals surface area contributed by atoms with Crippen LogP contribution in [-0.2, 0) is 4.79 Å². The molecule has 0 fully saturated rings. The predicted octanol–water partition coefficient (Wildman–Crippen LogP) is 0.920. The molecule has 6 nitrogen and oxygen atoms in total. The lowest BCUT2D eigenvalue weighted by Crippen LogP contribution is -2.42. The summed E-state index contributed by atoms with van der Waals surface area (Å²) < 4.78 is 0. The van der Waals surface area contributed by atoms with Crippen LogP contribution in [0.15, 0.2) is 60.7 Å². The maximum Gasteiger partial charge on any atom is 0.252 e. The van der Waals surface area contributed by atoms with E-state index in [1.807, 2.05) is 6.07 Å². The molecule has 0 saturated carbocycles. The van der Waals surface area contributed by atoms with Crippen LogP contribution in [0, 0.1) is 0 Å². The molecule has 0 aliphatic carbocycles. The fourth-order valence-corrected chi connectivity index (χ4v) is 1.83. The first-order valence-electron chi connectivity index (χ1n) is 7.10. The maximum atomic E-state index is 11.8. The summed E-state index contributed by atoms with van der Waals surface area (Å²) in [4.78, 5) is 35.1. The standard InChI is InChI=1S/C17H17N3O3/c21-15(11-18-16(22)13-7-3-1-4-8-13)19-12-20-17(23)14-9-5-2-6-10-14/h1-10H,11-12H2,(H,18,22)(H,19,21)(H,20,23). The van der Waals surface area contributed by atoms with Gasteiger partial charge >= 0.3 is 0 Å². The van der Waals surface area contributed by atoms with Crippen LogP contribution in [-0.4, -0.2) is 30.9 Å². The summed E-state index contributed by atoms with van der Waals surface area (Å²) in [5.74, 6) is -0.990. The second-order valence-corrected chi connectivity index (χ2v) is 4.70. The first kappa shape index (κ1) is 16.2. The molecular weight excluding hydrogens is 294 g/mol. The lowest BCUT2D eigenvalue weighted by Gasteiger charge is -2.08. The van der Waals surface area contributed by atoms with Gasteiger partial charge < -0.3 is 16.0 Å². The Hall–Kier alpha value is -3.15. The minimum Gasteiger partial charge on any atom is -0.343 e. The zero-order chi connectivity index (χ0) is 16.5. The van der Waals surface area contributed by atoms with Crippen LogP contribution >= 0.6 is 0 Å². The zero-order valence-electron chi connectivity index (χ0n) is 12.4. The molecule has 0 atom stereocenters. The molecule has 0 aromatic heterocycles. The van der Waals surface area contributed by atoms with Gasteiger partial charge in [0.15, 0.2) is 0 Å². The van der Waals surface area contributed by atoms with E-state index in [0.717, 1.165) is 0 Å². The smallest absolute Gasteiger partial charge is 0.252 e. The Morgan fingerprint density at radius 3 is 1.65 bits per heavy atom. The van der Waals surface area contributed by atoms with Crippen LogP contribution in [0.2, 0.25) is 0 Å². The molecule has 0 aliphatic heterocycles. The maximum absolute atomic E-state index is 11.8. The third-order valence-corrected chi connectivity index (χ3v) is 3.02. The van der Waals surface area contributed by atoms with Gasteiger partial charge in [-0.15, -0.1) is 0 Å². The molecule has 23 heavy (non-hydrogen) atoms. The average molecular weight is 311 g/mol. The number of rotatable bonds is 6. The van der Waals surface area contributed by atoms with Crippen molar-refractivity contribution in [1.82, 2.24) is 16.0 Å². The van der Waals surface area contributed by atoms with Gasteiger partial charge in [-0.25, -0.2) is 0 Å². The van der Waals surface area contributed by atoms with E-state index in [1.54, 1.807) is 54.6 Å². The van der Waals surface area contributed by atoms with Crippen molar-refractivity contribution in [3.8, 4) is 0 Å². The summed E-state index contributed by atoms with van der Waals surface area (Å²) in [7, 11) is 0. The van der Waals surface area contributed by atoms with Crippen molar-refractivity contribution in [3.05, 3.63) is 71.8 Å². The quantitative estimate of drug-likeness (QED) is 0.693. The molecule has 0 spiro atoms. The monoisotopic (exact) mass is 311 g/mol. The van der Waals surface area contributed by atoms with E-state index in [1.165, 1.54) is 0 Å². The molecule has 6 heteroatoms. The summed E-state index contributed by atoms with van der Waals surface area (Å²) in [6, 6.07) is 17.3. The van der Waals surface area contributed by atoms with E-state index < -0.39 is 0 Å². The molecule has 3 amide bonds. The SMILES string of the molecule is O=C(CNC(=O)c1ccccc1)NCNC(=O)c1ccccc1. The number of carbonyl (C=O) groups is 3. The Morgan fingerprint density at radius 1 is 0.652 bits per heavy atom. The molecule has 2 rings (SSSR count). The third-order valence-electron chi connectivity index (χ3n) is 3.02. The summed E-state index contributed by atoms with van der Waals surface area (Å²) in [6.45, 7) is -0.164. The molecule has 0 unspecified atom stereocenters. The number of benzene rings is 2. The van der Waals surface area contributed by atoms with Crippen molar-refractivity contribution in [2.24, 2.45) is 0 Å². The van der Waals surface area contributed by atoms with Gasteiger partial charge in [-0.3, -0.25) is 14.4 Å². The molecule has 0 bridgehead atoms. The van der Waals surface area contributed by atoms with Gasteiger partial charge in [0.1, 0.15) is 0 Å². The van der Waals surface area contributed by atoms with Crippen LogP contribution in [0.25, 0.3) is 0 Å².